The van der Waals surface area contributed by atoms with Crippen molar-refractivity contribution in [1.82, 2.24) is 9.78 Å². The van der Waals surface area contributed by atoms with Crippen LogP contribution in [0.5, 0.6) is 0 Å². The average molecular weight is 268 g/mol. The molecule has 0 aliphatic carbocycles. The lowest BCUT2D eigenvalue weighted by Gasteiger charge is -2.03. The molecule has 0 saturated carbocycles. The number of carboxylic acid groups (broad SMARTS) is 1. The zero-order valence-corrected chi connectivity index (χ0v) is 9.53. The Bertz CT molecular complexity index is 638. The van der Waals surface area contributed by atoms with Crippen molar-refractivity contribution < 1.29 is 14.8 Å². The van der Waals surface area contributed by atoms with Crippen LogP contribution >= 0.6 is 11.6 Å². The van der Waals surface area contributed by atoms with Crippen LogP contribution in [0.2, 0.25) is 5.15 Å². The first-order valence-electron chi connectivity index (χ1n) is 4.73. The van der Waals surface area contributed by atoms with Gasteiger partial charge in [-0.3, -0.25) is 10.1 Å². The van der Waals surface area contributed by atoms with Crippen molar-refractivity contribution in [3.63, 3.8) is 0 Å². The second-order valence-electron chi connectivity index (χ2n) is 3.31. The molecule has 1 aromatic heterocycles. The molecule has 0 amide bonds. The zero-order valence-electron chi connectivity index (χ0n) is 8.78. The minimum Gasteiger partial charge on any atom is -0.478 e. The summed E-state index contributed by atoms with van der Waals surface area (Å²) in [4.78, 5) is 21.1. The van der Waals surface area contributed by atoms with Crippen molar-refractivity contribution >= 4 is 23.3 Å². The Balaban J connectivity index is 2.63. The van der Waals surface area contributed by atoms with Gasteiger partial charge in [0.05, 0.1) is 11.1 Å². The topological polar surface area (TPSA) is 98.3 Å². The summed E-state index contributed by atoms with van der Waals surface area (Å²) < 4.78 is 1.02. The van der Waals surface area contributed by atoms with Crippen LogP contribution in [0, 0.1) is 10.1 Å². The number of carbonyl (C=O) groups is 1. The lowest BCUT2D eigenvalue weighted by atomic mass is 10.2. The Labute approximate surface area is 105 Å². The molecule has 1 aromatic carbocycles. The molecule has 0 bridgehead atoms. The molecule has 0 saturated heterocycles. The van der Waals surface area contributed by atoms with Crippen LogP contribution in [0.3, 0.4) is 0 Å². The van der Waals surface area contributed by atoms with Crippen molar-refractivity contribution in [3.05, 3.63) is 51.3 Å². The van der Waals surface area contributed by atoms with Crippen LogP contribution in [0.4, 0.5) is 5.69 Å². The summed E-state index contributed by atoms with van der Waals surface area (Å²) in [6.45, 7) is 0. The van der Waals surface area contributed by atoms with E-state index in [4.69, 9.17) is 16.7 Å². The zero-order chi connectivity index (χ0) is 13.3. The molecule has 0 aliphatic heterocycles. The third-order valence-corrected chi connectivity index (χ3v) is 2.61. The van der Waals surface area contributed by atoms with Crippen LogP contribution in [0.1, 0.15) is 10.4 Å². The Morgan fingerprint density at radius 3 is 2.67 bits per heavy atom. The number of para-hydroxylation sites is 2. The van der Waals surface area contributed by atoms with E-state index in [2.05, 4.69) is 5.10 Å². The smallest absolute Gasteiger partial charge is 0.340 e. The maximum Gasteiger partial charge on any atom is 0.340 e. The third kappa shape index (κ3) is 1.91. The highest BCUT2D eigenvalue weighted by atomic mass is 35.5. The Kier molecular flexibility index (Phi) is 2.99. The first-order valence-corrected chi connectivity index (χ1v) is 5.10. The van der Waals surface area contributed by atoms with Gasteiger partial charge in [0.1, 0.15) is 16.4 Å². The van der Waals surface area contributed by atoms with Gasteiger partial charge >= 0.3 is 5.97 Å². The largest absolute Gasteiger partial charge is 0.478 e. The number of hydrogen-bond donors (Lipinski definition) is 1. The van der Waals surface area contributed by atoms with Gasteiger partial charge in [0.2, 0.25) is 0 Å². The molecule has 92 valence electrons. The highest BCUT2D eigenvalue weighted by Gasteiger charge is 2.21. The Morgan fingerprint density at radius 1 is 1.44 bits per heavy atom. The van der Waals surface area contributed by atoms with Gasteiger partial charge in [0.25, 0.3) is 5.69 Å². The van der Waals surface area contributed by atoms with E-state index in [1.54, 1.807) is 6.07 Å². The van der Waals surface area contributed by atoms with Crippen LogP contribution < -0.4 is 0 Å². The number of benzene rings is 1. The maximum absolute atomic E-state index is 10.9. The molecule has 0 unspecified atom stereocenters. The first-order chi connectivity index (χ1) is 8.52. The van der Waals surface area contributed by atoms with Crippen LogP contribution in [0.25, 0.3) is 5.69 Å². The molecule has 2 aromatic rings. The van der Waals surface area contributed by atoms with Gasteiger partial charge in [-0.2, -0.15) is 5.10 Å². The average Bonchev–Trinajstić information content (AvgIpc) is 2.71. The number of aromatic carboxylic acids is 1. The lowest BCUT2D eigenvalue weighted by Crippen LogP contribution is -2.02. The fourth-order valence-electron chi connectivity index (χ4n) is 1.44. The Hall–Kier alpha value is -2.41. The summed E-state index contributed by atoms with van der Waals surface area (Å²) in [6, 6.07) is 5.79. The second kappa shape index (κ2) is 4.46. The number of carboxylic acids is 1. The quantitative estimate of drug-likeness (QED) is 0.678. The van der Waals surface area contributed by atoms with E-state index in [0.717, 1.165) is 10.9 Å². The van der Waals surface area contributed by atoms with Crippen LogP contribution in [-0.4, -0.2) is 25.8 Å². The van der Waals surface area contributed by atoms with E-state index in [9.17, 15) is 14.9 Å². The Morgan fingerprint density at radius 2 is 2.11 bits per heavy atom. The molecular formula is C10H6ClN3O4. The van der Waals surface area contributed by atoms with Gasteiger partial charge in [0.15, 0.2) is 0 Å². The molecule has 1 N–H and O–H groups in total. The van der Waals surface area contributed by atoms with Crippen LogP contribution in [0.15, 0.2) is 30.5 Å². The minimum atomic E-state index is -1.25. The fraction of sp³-hybridized carbons (Fsp3) is 0. The van der Waals surface area contributed by atoms with Crippen molar-refractivity contribution in [1.29, 1.82) is 0 Å². The first kappa shape index (κ1) is 12.1. The number of aromatic nitrogens is 2. The van der Waals surface area contributed by atoms with E-state index in [0.29, 0.717) is 0 Å². The van der Waals surface area contributed by atoms with E-state index in [1.807, 2.05) is 0 Å². The predicted molar refractivity (Wildman–Crippen MR) is 62.2 cm³/mol. The summed E-state index contributed by atoms with van der Waals surface area (Å²) in [5, 5.41) is 23.3. The standard InChI is InChI=1S/C10H6ClN3O4/c11-9-6(10(15)16)5-12-13(9)7-3-1-2-4-8(7)14(17)18/h1-5H,(H,15,16). The van der Waals surface area contributed by atoms with Gasteiger partial charge in [0, 0.05) is 6.07 Å². The molecule has 2 rings (SSSR count). The van der Waals surface area contributed by atoms with Gasteiger partial charge in [-0.1, -0.05) is 23.7 Å². The van der Waals surface area contributed by atoms with Gasteiger partial charge < -0.3 is 5.11 Å². The monoisotopic (exact) mass is 267 g/mol. The van der Waals surface area contributed by atoms with E-state index < -0.39 is 10.9 Å². The molecule has 0 aliphatic rings. The number of halogens is 1. The van der Waals surface area contributed by atoms with Gasteiger partial charge in [-0.05, 0) is 6.07 Å². The molecule has 8 heteroatoms. The van der Waals surface area contributed by atoms with Crippen molar-refractivity contribution in [2.24, 2.45) is 0 Å². The van der Waals surface area contributed by atoms with Crippen molar-refractivity contribution in [3.8, 4) is 5.69 Å². The van der Waals surface area contributed by atoms with E-state index >= 15 is 0 Å². The molecule has 18 heavy (non-hydrogen) atoms. The number of nitro groups is 1. The summed E-state index contributed by atoms with van der Waals surface area (Å²) in [7, 11) is 0. The second-order valence-corrected chi connectivity index (χ2v) is 3.67. The predicted octanol–water partition coefficient (Wildman–Crippen LogP) is 2.13. The summed E-state index contributed by atoms with van der Waals surface area (Å²) in [5.41, 5.74) is -0.311. The van der Waals surface area contributed by atoms with Crippen molar-refractivity contribution in [2.45, 2.75) is 0 Å². The van der Waals surface area contributed by atoms with Crippen molar-refractivity contribution in [2.75, 3.05) is 0 Å². The highest BCUT2D eigenvalue weighted by Crippen LogP contribution is 2.26. The molecule has 1 heterocycles. The SMILES string of the molecule is O=C(O)c1cnn(-c2ccccc2[N+](=O)[O-])c1Cl. The third-order valence-electron chi connectivity index (χ3n) is 2.25. The number of nitrogens with zero attached hydrogens (tertiary/aromatic N) is 3. The number of nitro benzene ring substituents is 1. The molecule has 7 nitrogen and oxygen atoms in total. The van der Waals surface area contributed by atoms with Gasteiger partial charge in [-0.15, -0.1) is 0 Å². The maximum atomic E-state index is 10.9. The molecular weight excluding hydrogens is 262 g/mol. The van der Waals surface area contributed by atoms with E-state index in [1.165, 1.54) is 18.2 Å². The normalized spacial score (nSPS) is 10.3. The molecule has 0 radical (unpaired) electrons. The van der Waals surface area contributed by atoms with Crippen LogP contribution in [-0.2, 0) is 0 Å². The summed E-state index contributed by atoms with van der Waals surface area (Å²) in [6.07, 6.45) is 1.04. The summed E-state index contributed by atoms with van der Waals surface area (Å²) >= 11 is 5.83. The summed E-state index contributed by atoms with van der Waals surface area (Å²) in [5.74, 6) is -1.25. The molecule has 0 atom stereocenters. The van der Waals surface area contributed by atoms with E-state index in [-0.39, 0.29) is 22.1 Å². The molecule has 0 spiro atoms. The fourth-order valence-corrected chi connectivity index (χ4v) is 1.71. The number of hydrogen-bond acceptors (Lipinski definition) is 4. The minimum absolute atomic E-state index is 0.111. The van der Waals surface area contributed by atoms with Gasteiger partial charge in [-0.25, -0.2) is 9.48 Å². The lowest BCUT2D eigenvalue weighted by molar-refractivity contribution is -0.384. The molecule has 0 fully saturated rings. The number of rotatable bonds is 3. The highest BCUT2D eigenvalue weighted by molar-refractivity contribution is 6.32.